The number of carbonyl (C=O) groups is 1. The number of halogens is 1. The second-order valence-corrected chi connectivity index (χ2v) is 4.37. The highest BCUT2D eigenvalue weighted by atomic mass is 79.9. The molecule has 0 heterocycles. The Balaban J connectivity index is 2.71. The Morgan fingerprint density at radius 1 is 1.50 bits per heavy atom. The van der Waals surface area contributed by atoms with E-state index in [0.717, 1.165) is 22.3 Å². The van der Waals surface area contributed by atoms with Crippen molar-refractivity contribution in [2.45, 2.75) is 13.3 Å². The summed E-state index contributed by atoms with van der Waals surface area (Å²) >= 11 is 3.39. The molecule has 0 saturated carbocycles. The fourth-order valence-corrected chi connectivity index (χ4v) is 1.83. The number of methoxy groups -OCH3 is 1. The van der Waals surface area contributed by atoms with Gasteiger partial charge in [-0.25, -0.2) is 0 Å². The summed E-state index contributed by atoms with van der Waals surface area (Å²) in [4.78, 5) is 11.6. The van der Waals surface area contributed by atoms with Crippen molar-refractivity contribution in [2.75, 3.05) is 20.2 Å². The summed E-state index contributed by atoms with van der Waals surface area (Å²) in [5.74, 6) is 0.922. The fourth-order valence-electron chi connectivity index (χ4n) is 1.42. The van der Waals surface area contributed by atoms with Gasteiger partial charge in [0.2, 0.25) is 0 Å². The second-order valence-electron chi connectivity index (χ2n) is 3.45. The summed E-state index contributed by atoms with van der Waals surface area (Å²) in [6.07, 6.45) is 0.398. The van der Waals surface area contributed by atoms with Gasteiger partial charge in [-0.3, -0.25) is 4.79 Å². The van der Waals surface area contributed by atoms with Gasteiger partial charge in [-0.15, -0.1) is 0 Å². The highest BCUT2D eigenvalue weighted by molar-refractivity contribution is 9.10. The largest absolute Gasteiger partial charge is 0.496 e. The van der Waals surface area contributed by atoms with E-state index in [4.69, 9.17) is 4.74 Å². The topological polar surface area (TPSA) is 38.3 Å². The van der Waals surface area contributed by atoms with Crippen LogP contribution in [0.3, 0.4) is 0 Å². The molecular weight excluding hydrogens is 270 g/mol. The molecule has 0 aliphatic carbocycles. The fraction of sp³-hybridized carbons (Fsp3) is 0.417. The molecule has 88 valence electrons. The standard InChI is InChI=1S/C12H16BrNO2/c1-3-14-8-11(15)7-9-6-10(13)4-5-12(9)16-2/h4-6,14H,3,7-8H2,1-2H3. The zero-order valence-electron chi connectivity index (χ0n) is 9.55. The van der Waals surface area contributed by atoms with Gasteiger partial charge in [-0.1, -0.05) is 22.9 Å². The van der Waals surface area contributed by atoms with Crippen molar-refractivity contribution in [1.29, 1.82) is 0 Å². The maximum atomic E-state index is 11.6. The molecule has 0 saturated heterocycles. The van der Waals surface area contributed by atoms with Crippen LogP contribution in [0, 0.1) is 0 Å². The van der Waals surface area contributed by atoms with Crippen molar-refractivity contribution in [1.82, 2.24) is 5.32 Å². The number of ketones is 1. The lowest BCUT2D eigenvalue weighted by Crippen LogP contribution is -2.23. The maximum Gasteiger partial charge on any atom is 0.151 e. The molecule has 0 aliphatic rings. The van der Waals surface area contributed by atoms with Crippen molar-refractivity contribution in [3.05, 3.63) is 28.2 Å². The Morgan fingerprint density at radius 2 is 2.25 bits per heavy atom. The number of likely N-dealkylation sites (N-methyl/N-ethyl adjacent to an activating group) is 1. The smallest absolute Gasteiger partial charge is 0.151 e. The van der Waals surface area contributed by atoms with Gasteiger partial charge in [0.1, 0.15) is 5.75 Å². The molecule has 1 aromatic rings. The number of rotatable bonds is 6. The van der Waals surface area contributed by atoms with E-state index in [9.17, 15) is 4.79 Å². The first-order valence-corrected chi connectivity index (χ1v) is 6.01. The van der Waals surface area contributed by atoms with E-state index >= 15 is 0 Å². The molecule has 0 radical (unpaired) electrons. The van der Waals surface area contributed by atoms with E-state index in [1.54, 1.807) is 7.11 Å². The molecule has 1 N–H and O–H groups in total. The van der Waals surface area contributed by atoms with Crippen LogP contribution < -0.4 is 10.1 Å². The molecule has 0 spiro atoms. The summed E-state index contributed by atoms with van der Waals surface area (Å²) in [5.41, 5.74) is 0.916. The van der Waals surface area contributed by atoms with Gasteiger partial charge in [0, 0.05) is 16.5 Å². The van der Waals surface area contributed by atoms with Crippen LogP contribution in [0.2, 0.25) is 0 Å². The van der Waals surface area contributed by atoms with Gasteiger partial charge in [0.15, 0.2) is 5.78 Å². The normalized spacial score (nSPS) is 10.2. The summed E-state index contributed by atoms with van der Waals surface area (Å²) in [7, 11) is 1.61. The number of hydrogen-bond donors (Lipinski definition) is 1. The summed E-state index contributed by atoms with van der Waals surface area (Å²) < 4.78 is 6.17. The molecule has 0 aromatic heterocycles. The van der Waals surface area contributed by atoms with E-state index in [2.05, 4.69) is 21.2 Å². The summed E-state index contributed by atoms with van der Waals surface area (Å²) in [5, 5.41) is 3.02. The van der Waals surface area contributed by atoms with Crippen LogP contribution in [-0.4, -0.2) is 26.0 Å². The third-order valence-corrected chi connectivity index (χ3v) is 2.70. The number of hydrogen-bond acceptors (Lipinski definition) is 3. The van der Waals surface area contributed by atoms with Crippen LogP contribution in [0.5, 0.6) is 5.75 Å². The van der Waals surface area contributed by atoms with E-state index in [0.29, 0.717) is 13.0 Å². The lowest BCUT2D eigenvalue weighted by Gasteiger charge is -2.08. The zero-order valence-corrected chi connectivity index (χ0v) is 11.1. The van der Waals surface area contributed by atoms with Crippen molar-refractivity contribution in [2.24, 2.45) is 0 Å². The molecule has 0 bridgehead atoms. The average molecular weight is 286 g/mol. The Kier molecular flexibility index (Phi) is 5.49. The first-order chi connectivity index (χ1) is 7.67. The first kappa shape index (κ1) is 13.2. The molecule has 0 unspecified atom stereocenters. The van der Waals surface area contributed by atoms with Crippen LogP contribution in [0.4, 0.5) is 0 Å². The molecule has 0 atom stereocenters. The quantitative estimate of drug-likeness (QED) is 0.871. The predicted molar refractivity (Wildman–Crippen MR) is 67.9 cm³/mol. The SMILES string of the molecule is CCNCC(=O)Cc1cc(Br)ccc1OC. The highest BCUT2D eigenvalue weighted by Crippen LogP contribution is 2.23. The van der Waals surface area contributed by atoms with Gasteiger partial charge in [0.25, 0.3) is 0 Å². The van der Waals surface area contributed by atoms with E-state index in [1.807, 2.05) is 25.1 Å². The minimum Gasteiger partial charge on any atom is -0.496 e. The molecule has 16 heavy (non-hydrogen) atoms. The molecule has 0 aliphatic heterocycles. The monoisotopic (exact) mass is 285 g/mol. The van der Waals surface area contributed by atoms with E-state index < -0.39 is 0 Å². The Bertz CT molecular complexity index is 366. The van der Waals surface area contributed by atoms with Gasteiger partial charge in [-0.2, -0.15) is 0 Å². The van der Waals surface area contributed by atoms with E-state index in [-0.39, 0.29) is 5.78 Å². The number of carbonyl (C=O) groups excluding carboxylic acids is 1. The number of ether oxygens (including phenoxy) is 1. The third-order valence-electron chi connectivity index (χ3n) is 2.20. The molecule has 1 rings (SSSR count). The van der Waals surface area contributed by atoms with Crippen molar-refractivity contribution >= 4 is 21.7 Å². The maximum absolute atomic E-state index is 11.6. The van der Waals surface area contributed by atoms with Crippen LogP contribution in [0.15, 0.2) is 22.7 Å². The Labute approximate surface area is 104 Å². The molecule has 0 amide bonds. The van der Waals surface area contributed by atoms with Crippen molar-refractivity contribution in [3.8, 4) is 5.75 Å². The number of benzene rings is 1. The molecule has 3 nitrogen and oxygen atoms in total. The number of Topliss-reactive ketones (excluding diaryl/α,β-unsaturated/α-hetero) is 1. The third kappa shape index (κ3) is 3.94. The van der Waals surface area contributed by atoms with Crippen LogP contribution in [-0.2, 0) is 11.2 Å². The lowest BCUT2D eigenvalue weighted by atomic mass is 10.1. The van der Waals surface area contributed by atoms with Crippen LogP contribution in [0.25, 0.3) is 0 Å². The number of nitrogens with one attached hydrogen (secondary N) is 1. The molecule has 1 aromatic carbocycles. The van der Waals surface area contributed by atoms with Crippen molar-refractivity contribution in [3.63, 3.8) is 0 Å². The second kappa shape index (κ2) is 6.66. The van der Waals surface area contributed by atoms with E-state index in [1.165, 1.54) is 0 Å². The highest BCUT2D eigenvalue weighted by Gasteiger charge is 2.08. The van der Waals surface area contributed by atoms with Gasteiger partial charge in [0.05, 0.1) is 13.7 Å². The molecular formula is C12H16BrNO2. The minimum absolute atomic E-state index is 0.165. The first-order valence-electron chi connectivity index (χ1n) is 5.22. The average Bonchev–Trinajstić information content (AvgIpc) is 2.27. The predicted octanol–water partition coefficient (Wildman–Crippen LogP) is 2.18. The molecule has 0 fully saturated rings. The van der Waals surface area contributed by atoms with Gasteiger partial charge >= 0.3 is 0 Å². The Morgan fingerprint density at radius 3 is 2.88 bits per heavy atom. The van der Waals surface area contributed by atoms with Gasteiger partial charge < -0.3 is 10.1 Å². The minimum atomic E-state index is 0.165. The van der Waals surface area contributed by atoms with Crippen molar-refractivity contribution < 1.29 is 9.53 Å². The summed E-state index contributed by atoms with van der Waals surface area (Å²) in [6.45, 7) is 3.19. The Hall–Kier alpha value is -0.870. The summed E-state index contributed by atoms with van der Waals surface area (Å²) in [6, 6.07) is 5.68. The lowest BCUT2D eigenvalue weighted by molar-refractivity contribution is -0.117. The molecule has 4 heteroatoms. The zero-order chi connectivity index (χ0) is 12.0. The van der Waals surface area contributed by atoms with Gasteiger partial charge in [-0.05, 0) is 24.7 Å². The van der Waals surface area contributed by atoms with Crippen LogP contribution in [0.1, 0.15) is 12.5 Å². The van der Waals surface area contributed by atoms with Crippen LogP contribution >= 0.6 is 15.9 Å².